The predicted octanol–water partition coefficient (Wildman–Crippen LogP) is 4.30. The van der Waals surface area contributed by atoms with Crippen LogP contribution in [0.3, 0.4) is 0 Å². The van der Waals surface area contributed by atoms with Crippen molar-refractivity contribution in [3.05, 3.63) is 58.9 Å². The number of carboxylic acid groups (broad SMARTS) is 1. The zero-order valence-corrected chi connectivity index (χ0v) is 20.0. The van der Waals surface area contributed by atoms with Crippen LogP contribution in [0.15, 0.2) is 36.5 Å². The van der Waals surface area contributed by atoms with E-state index >= 15 is 0 Å². The van der Waals surface area contributed by atoms with Crippen LogP contribution in [0.25, 0.3) is 0 Å². The van der Waals surface area contributed by atoms with Crippen LogP contribution in [0.2, 0.25) is 0 Å². The van der Waals surface area contributed by atoms with E-state index in [0.717, 1.165) is 25.0 Å². The van der Waals surface area contributed by atoms with Gasteiger partial charge < -0.3 is 19.3 Å². The minimum atomic E-state index is -2.89. The number of hydrogen-bond donors (Lipinski definition) is 2. The summed E-state index contributed by atoms with van der Waals surface area (Å²) in [6.07, 6.45) is 8.30. The maximum Gasteiger partial charge on any atom is 0.333 e. The Morgan fingerprint density at radius 1 is 1.19 bits per heavy atom. The van der Waals surface area contributed by atoms with Gasteiger partial charge in [0.1, 0.15) is 0 Å². The number of carbonyl (C=O) groups excluding carboxylic acids is 1. The first-order valence-corrected chi connectivity index (χ1v) is 14.4. The van der Waals surface area contributed by atoms with Gasteiger partial charge in [0.05, 0.1) is 12.2 Å². The second-order valence-corrected chi connectivity index (χ2v) is 16.2. The number of amides is 1. The number of hydrogen-bond acceptors (Lipinski definition) is 3. The fraction of sp³-hybridized carbons (Fsp3) is 0.500. The van der Waals surface area contributed by atoms with Crippen LogP contribution < -0.4 is 0 Å². The number of thiol groups is 1. The summed E-state index contributed by atoms with van der Waals surface area (Å²) in [6, 6.07) is 10.2. The Morgan fingerprint density at radius 2 is 1.97 bits per heavy atom. The molecule has 0 spiro atoms. The standard InChI is InChI=1S/C24H36N2O4S/c1-19-8-7-9-20(16-19)17-30-14-6-5-10-22-21(11-12-25(22)2)23(27)26-13-15-31(3,4,18-26)24(28)29/h7-9,11-12,16,31H,5-6,10,13-15,17-18H2,1-4H3,(H,28,29). The number of benzene rings is 1. The largest absolute Gasteiger partial charge is 0.475 e. The van der Waals surface area contributed by atoms with Gasteiger partial charge in [-0.3, -0.25) is 4.79 Å². The molecule has 31 heavy (non-hydrogen) atoms. The third-order valence-corrected chi connectivity index (χ3v) is 10.6. The lowest BCUT2D eigenvalue weighted by Gasteiger charge is -2.45. The van der Waals surface area contributed by atoms with Gasteiger partial charge in [-0.1, -0.05) is 29.8 Å². The van der Waals surface area contributed by atoms with Gasteiger partial charge in [-0.05, 0) is 56.1 Å². The van der Waals surface area contributed by atoms with Gasteiger partial charge in [0.25, 0.3) is 5.91 Å². The van der Waals surface area contributed by atoms with Crippen LogP contribution in [0.4, 0.5) is 4.79 Å². The van der Waals surface area contributed by atoms with E-state index in [4.69, 9.17) is 4.74 Å². The van der Waals surface area contributed by atoms with Crippen LogP contribution in [0.1, 0.15) is 40.0 Å². The minimum Gasteiger partial charge on any atom is -0.475 e. The van der Waals surface area contributed by atoms with Gasteiger partial charge in [-0.2, -0.15) is 9.16 Å². The average molecular weight is 449 g/mol. The maximum atomic E-state index is 13.2. The number of ether oxygens (including phenoxy) is 1. The molecule has 1 fully saturated rings. The van der Waals surface area contributed by atoms with Gasteiger partial charge in [0.2, 0.25) is 0 Å². The van der Waals surface area contributed by atoms with Crippen molar-refractivity contribution in [2.24, 2.45) is 7.05 Å². The number of aromatic nitrogens is 1. The number of aryl methyl sites for hydroxylation is 2. The lowest BCUT2D eigenvalue weighted by Crippen LogP contribution is -2.33. The van der Waals surface area contributed by atoms with Gasteiger partial charge in [0.15, 0.2) is 0 Å². The first-order valence-electron chi connectivity index (χ1n) is 10.9. The summed E-state index contributed by atoms with van der Waals surface area (Å²) in [5, 5.41) is 9.02. The molecule has 3 rings (SSSR count). The topological polar surface area (TPSA) is 71.8 Å². The molecule has 7 heteroatoms. The first kappa shape index (κ1) is 23.4. The maximum absolute atomic E-state index is 13.2. The van der Waals surface area contributed by atoms with Crippen LogP contribution in [0.5, 0.6) is 0 Å². The van der Waals surface area contributed by atoms with Crippen molar-refractivity contribution >= 4 is 20.4 Å². The van der Waals surface area contributed by atoms with Gasteiger partial charge in [0, 0.05) is 38.0 Å². The molecule has 0 bridgehead atoms. The highest BCUT2D eigenvalue weighted by molar-refractivity contribution is 8.59. The summed E-state index contributed by atoms with van der Waals surface area (Å²) in [5.74, 6) is 0.913. The van der Waals surface area contributed by atoms with Crippen molar-refractivity contribution in [1.82, 2.24) is 9.47 Å². The molecule has 0 atom stereocenters. The smallest absolute Gasteiger partial charge is 0.333 e. The Balaban J connectivity index is 1.52. The molecule has 2 heterocycles. The molecular formula is C24H36N2O4S. The van der Waals surface area contributed by atoms with E-state index in [1.807, 2.05) is 42.5 Å². The molecule has 0 radical (unpaired) electrons. The second-order valence-electron chi connectivity index (χ2n) is 9.70. The van der Waals surface area contributed by atoms with Crippen LogP contribution in [-0.2, 0) is 24.8 Å². The van der Waals surface area contributed by atoms with E-state index in [2.05, 4.69) is 25.1 Å². The molecule has 0 aliphatic carbocycles. The van der Waals surface area contributed by atoms with Gasteiger partial charge in [-0.25, -0.2) is 4.79 Å². The Morgan fingerprint density at radius 3 is 2.65 bits per heavy atom. The summed E-state index contributed by atoms with van der Waals surface area (Å²) in [6.45, 7) is 3.91. The van der Waals surface area contributed by atoms with E-state index in [9.17, 15) is 14.7 Å². The average Bonchev–Trinajstić information content (AvgIpc) is 3.25. The normalized spacial score (nSPS) is 18.5. The van der Waals surface area contributed by atoms with Crippen molar-refractivity contribution in [2.45, 2.75) is 32.8 Å². The number of rotatable bonds is 8. The van der Waals surface area contributed by atoms with Gasteiger partial charge >= 0.3 is 5.30 Å². The molecule has 0 unspecified atom stereocenters. The van der Waals surface area contributed by atoms with Gasteiger partial charge in [-0.15, -0.1) is 0 Å². The zero-order chi connectivity index (χ0) is 22.7. The van der Waals surface area contributed by atoms with Crippen molar-refractivity contribution in [2.75, 3.05) is 37.3 Å². The zero-order valence-electron chi connectivity index (χ0n) is 19.1. The molecule has 0 saturated carbocycles. The summed E-state index contributed by atoms with van der Waals surface area (Å²) in [4.78, 5) is 26.8. The second kappa shape index (κ2) is 9.09. The molecule has 1 aromatic carbocycles. The SMILES string of the molecule is Cc1cccc(COCCCCc2c(C(=O)N3CC[SH](C)(C)(C(=O)O)C3)ccn2C)c1. The number of carbonyl (C=O) groups is 2. The lowest BCUT2D eigenvalue weighted by molar-refractivity contribution is 0.0801. The fourth-order valence-electron chi connectivity index (χ4n) is 4.18. The molecule has 1 aliphatic rings. The summed E-state index contributed by atoms with van der Waals surface area (Å²) >= 11 is 0. The summed E-state index contributed by atoms with van der Waals surface area (Å²) < 4.78 is 7.81. The first-order chi connectivity index (χ1) is 14.6. The lowest BCUT2D eigenvalue weighted by atomic mass is 10.1. The van der Waals surface area contributed by atoms with Crippen molar-refractivity contribution in [3.63, 3.8) is 0 Å². The summed E-state index contributed by atoms with van der Waals surface area (Å²) in [7, 11) is -0.926. The van der Waals surface area contributed by atoms with Crippen molar-refractivity contribution < 1.29 is 19.4 Å². The Labute approximate surface area is 185 Å². The summed E-state index contributed by atoms with van der Waals surface area (Å²) in [5.41, 5.74) is 4.14. The molecule has 2 aromatic rings. The molecule has 1 aromatic heterocycles. The third kappa shape index (κ3) is 5.33. The Hall–Kier alpha value is -2.25. The van der Waals surface area contributed by atoms with Crippen LogP contribution in [-0.4, -0.2) is 63.1 Å². The number of nitrogens with zero attached hydrogens (tertiary/aromatic N) is 2. The van der Waals surface area contributed by atoms with Crippen LogP contribution in [0, 0.1) is 6.92 Å². The van der Waals surface area contributed by atoms with Crippen LogP contribution >= 0.6 is 9.16 Å². The van der Waals surface area contributed by atoms with E-state index < -0.39 is 14.5 Å². The molecule has 1 saturated heterocycles. The highest BCUT2D eigenvalue weighted by Crippen LogP contribution is 2.66. The molecule has 1 N–H and O–H groups in total. The fourth-order valence-corrected chi connectivity index (χ4v) is 6.88. The predicted molar refractivity (Wildman–Crippen MR) is 129 cm³/mol. The van der Waals surface area contributed by atoms with E-state index in [0.29, 0.717) is 37.0 Å². The molecule has 1 amide bonds. The third-order valence-electron chi connectivity index (χ3n) is 6.39. The Bertz CT molecular complexity index is 966. The number of unbranched alkanes of at least 4 members (excludes halogenated alkanes) is 1. The van der Waals surface area contributed by atoms with Crippen molar-refractivity contribution in [1.29, 1.82) is 0 Å². The van der Waals surface area contributed by atoms with E-state index in [-0.39, 0.29) is 5.91 Å². The molecular weight excluding hydrogens is 412 g/mol. The highest BCUT2D eigenvalue weighted by atomic mass is 32.3. The molecule has 172 valence electrons. The van der Waals surface area contributed by atoms with E-state index in [1.54, 1.807) is 4.90 Å². The van der Waals surface area contributed by atoms with Crippen molar-refractivity contribution in [3.8, 4) is 0 Å². The Kier molecular flexibility index (Phi) is 6.86. The quantitative estimate of drug-likeness (QED) is 0.467. The highest BCUT2D eigenvalue weighted by Gasteiger charge is 2.47. The minimum absolute atomic E-state index is 0.0391. The molecule has 6 nitrogen and oxygen atoms in total. The monoisotopic (exact) mass is 448 g/mol. The van der Waals surface area contributed by atoms with E-state index in [1.165, 1.54) is 11.1 Å². The molecule has 1 aliphatic heterocycles.